The fraction of sp³-hybridized carbons (Fsp3) is 0.368. The number of aryl methyl sites for hydroxylation is 1. The third-order valence-corrected chi connectivity index (χ3v) is 4.89. The largest absolute Gasteiger partial charge is 0.369 e. The minimum atomic E-state index is 0. The van der Waals surface area contributed by atoms with Crippen molar-refractivity contribution in [3.05, 3.63) is 59.0 Å². The van der Waals surface area contributed by atoms with Gasteiger partial charge in [-0.05, 0) is 49.4 Å². The van der Waals surface area contributed by atoms with E-state index < -0.39 is 0 Å². The van der Waals surface area contributed by atoms with Gasteiger partial charge in [0.05, 0.1) is 0 Å². The fourth-order valence-corrected chi connectivity index (χ4v) is 3.28. The number of hydrogen-bond acceptors (Lipinski definition) is 4. The highest BCUT2D eigenvalue weighted by Crippen LogP contribution is 2.20. The van der Waals surface area contributed by atoms with E-state index in [1.165, 1.54) is 44.0 Å². The van der Waals surface area contributed by atoms with Gasteiger partial charge in [-0.25, -0.2) is 0 Å². The van der Waals surface area contributed by atoms with Crippen molar-refractivity contribution in [3.8, 4) is 0 Å². The molecule has 0 aliphatic carbocycles. The molecule has 8 heteroatoms. The molecule has 2 aromatic heterocycles. The van der Waals surface area contributed by atoms with Crippen molar-refractivity contribution in [3.63, 3.8) is 0 Å². The molecule has 0 atom stereocenters. The van der Waals surface area contributed by atoms with Crippen molar-refractivity contribution in [2.45, 2.75) is 13.8 Å². The number of pyridine rings is 1. The first-order chi connectivity index (χ1) is 12.2. The summed E-state index contributed by atoms with van der Waals surface area (Å²) in [7, 11) is 0. The molecule has 148 valence electrons. The Labute approximate surface area is 178 Å². The molecule has 0 saturated carbocycles. The monoisotopic (exact) mass is 427 g/mol. The number of fused-ring (bicyclic) bond motifs is 1. The van der Waals surface area contributed by atoms with Gasteiger partial charge in [0, 0.05) is 38.1 Å². The van der Waals surface area contributed by atoms with Crippen LogP contribution in [0.1, 0.15) is 12.5 Å². The number of rotatable bonds is 2. The van der Waals surface area contributed by atoms with Gasteiger partial charge < -0.3 is 9.80 Å². The molecule has 0 amide bonds. The van der Waals surface area contributed by atoms with Gasteiger partial charge in [-0.15, -0.1) is 24.8 Å². The summed E-state index contributed by atoms with van der Waals surface area (Å²) < 4.78 is 2.45. The van der Waals surface area contributed by atoms with Crippen molar-refractivity contribution in [2.24, 2.45) is 0 Å². The third-order valence-electron chi connectivity index (χ3n) is 4.60. The van der Waals surface area contributed by atoms with E-state index in [9.17, 15) is 0 Å². The summed E-state index contributed by atoms with van der Waals surface area (Å²) in [5.74, 6) is 0. The predicted octanol–water partition coefficient (Wildman–Crippen LogP) is 4.37. The van der Waals surface area contributed by atoms with E-state index in [0.717, 1.165) is 5.65 Å². The summed E-state index contributed by atoms with van der Waals surface area (Å²) in [5.41, 5.74) is 3.66. The van der Waals surface area contributed by atoms with Crippen LogP contribution in [0.3, 0.4) is 0 Å². The molecule has 1 aromatic carbocycles. The Morgan fingerprint density at radius 1 is 1.00 bits per heavy atom. The van der Waals surface area contributed by atoms with Crippen LogP contribution in [-0.2, 0) is 0 Å². The first kappa shape index (κ1) is 23.4. The molecule has 0 bridgehead atoms. The normalized spacial score (nSPS) is 13.9. The molecular weight excluding hydrogens is 401 g/mol. The number of para-hydroxylation sites is 1. The van der Waals surface area contributed by atoms with Crippen LogP contribution < -0.4 is 4.90 Å². The average molecular weight is 428 g/mol. The van der Waals surface area contributed by atoms with Crippen molar-refractivity contribution < 1.29 is 0 Å². The lowest BCUT2D eigenvalue weighted by atomic mass is 10.1. The third kappa shape index (κ3) is 5.94. The van der Waals surface area contributed by atoms with Crippen molar-refractivity contribution in [1.82, 2.24) is 19.5 Å². The minimum absolute atomic E-state index is 0. The van der Waals surface area contributed by atoms with E-state index in [4.69, 9.17) is 12.2 Å². The van der Waals surface area contributed by atoms with Crippen LogP contribution in [0.15, 0.2) is 48.7 Å². The van der Waals surface area contributed by atoms with Crippen LogP contribution in [-0.4, -0.2) is 52.2 Å². The van der Waals surface area contributed by atoms with Crippen LogP contribution >= 0.6 is 37.0 Å². The number of nitrogens with zero attached hydrogens (tertiary/aromatic N) is 4. The van der Waals surface area contributed by atoms with Crippen LogP contribution in [0.4, 0.5) is 5.69 Å². The quantitative estimate of drug-likeness (QED) is 0.616. The molecule has 1 fully saturated rings. The SMILES string of the molecule is CCN1CCN(c2ccccc2C)CC1.Cl.Cl.S=c1[nH]nc2ccccn12. The molecule has 0 radical (unpaired) electrons. The fourth-order valence-electron chi connectivity index (χ4n) is 3.08. The Hall–Kier alpha value is -1.60. The number of benzene rings is 1. The van der Waals surface area contributed by atoms with E-state index in [2.05, 4.69) is 58.1 Å². The number of hydrogen-bond donors (Lipinski definition) is 1. The Balaban J connectivity index is 0.000000267. The molecule has 0 unspecified atom stereocenters. The lowest BCUT2D eigenvalue weighted by molar-refractivity contribution is 0.271. The molecule has 1 aliphatic heterocycles. The summed E-state index contributed by atoms with van der Waals surface area (Å²) in [4.78, 5) is 5.01. The summed E-state index contributed by atoms with van der Waals surface area (Å²) in [5, 5.41) is 6.66. The molecule has 1 N–H and O–H groups in total. The van der Waals surface area contributed by atoms with E-state index in [1.54, 1.807) is 0 Å². The number of halogens is 2. The van der Waals surface area contributed by atoms with E-state index in [0.29, 0.717) is 4.77 Å². The maximum atomic E-state index is 4.93. The van der Waals surface area contributed by atoms with Gasteiger partial charge in [0.25, 0.3) is 0 Å². The highest BCUT2D eigenvalue weighted by molar-refractivity contribution is 7.71. The molecular formula is C19H27Cl2N5S. The maximum Gasteiger partial charge on any atom is 0.199 e. The Morgan fingerprint density at radius 2 is 1.67 bits per heavy atom. The molecule has 0 spiro atoms. The molecule has 27 heavy (non-hydrogen) atoms. The molecule has 5 nitrogen and oxygen atoms in total. The van der Waals surface area contributed by atoms with Crippen molar-refractivity contribution in [1.29, 1.82) is 0 Å². The second kappa shape index (κ2) is 11.3. The second-order valence-electron chi connectivity index (χ2n) is 6.17. The number of piperazine rings is 1. The van der Waals surface area contributed by atoms with Gasteiger partial charge in [-0.2, -0.15) is 5.10 Å². The average Bonchev–Trinajstić information content (AvgIpc) is 3.04. The summed E-state index contributed by atoms with van der Waals surface area (Å²) >= 11 is 4.93. The van der Waals surface area contributed by atoms with Crippen LogP contribution in [0.5, 0.6) is 0 Å². The van der Waals surface area contributed by atoms with Crippen LogP contribution in [0.2, 0.25) is 0 Å². The second-order valence-corrected chi connectivity index (χ2v) is 6.55. The van der Waals surface area contributed by atoms with Gasteiger partial charge >= 0.3 is 0 Å². The maximum absolute atomic E-state index is 4.93. The topological polar surface area (TPSA) is 39.6 Å². The van der Waals surface area contributed by atoms with Gasteiger partial charge in [-0.3, -0.25) is 9.50 Å². The number of H-pyrrole nitrogens is 1. The zero-order valence-electron chi connectivity index (χ0n) is 15.7. The van der Waals surface area contributed by atoms with E-state index >= 15 is 0 Å². The van der Waals surface area contributed by atoms with Gasteiger partial charge in [0.15, 0.2) is 10.4 Å². The zero-order valence-corrected chi connectivity index (χ0v) is 18.1. The number of anilines is 1. The molecule has 4 rings (SSSR count). The van der Waals surface area contributed by atoms with Crippen LogP contribution in [0, 0.1) is 11.7 Å². The molecule has 3 heterocycles. The highest BCUT2D eigenvalue weighted by Gasteiger charge is 2.16. The number of nitrogens with one attached hydrogen (secondary N) is 1. The lowest BCUT2D eigenvalue weighted by Gasteiger charge is -2.36. The van der Waals surface area contributed by atoms with Gasteiger partial charge in [-0.1, -0.05) is 31.2 Å². The summed E-state index contributed by atoms with van der Waals surface area (Å²) in [6.07, 6.45) is 1.88. The molecule has 3 aromatic rings. The Bertz CT molecular complexity index is 871. The van der Waals surface area contributed by atoms with E-state index in [-0.39, 0.29) is 24.8 Å². The number of likely N-dealkylation sites (N-methyl/N-ethyl adjacent to an activating group) is 1. The highest BCUT2D eigenvalue weighted by atomic mass is 35.5. The van der Waals surface area contributed by atoms with Gasteiger partial charge in [0.1, 0.15) is 0 Å². The minimum Gasteiger partial charge on any atom is -0.369 e. The lowest BCUT2D eigenvalue weighted by Crippen LogP contribution is -2.46. The Morgan fingerprint density at radius 3 is 2.30 bits per heavy atom. The molecule has 1 aliphatic rings. The van der Waals surface area contributed by atoms with Crippen molar-refractivity contribution in [2.75, 3.05) is 37.6 Å². The first-order valence-electron chi connectivity index (χ1n) is 8.73. The zero-order chi connectivity index (χ0) is 17.6. The molecule has 1 saturated heterocycles. The summed E-state index contributed by atoms with van der Waals surface area (Å²) in [6, 6.07) is 14.4. The smallest absolute Gasteiger partial charge is 0.199 e. The standard InChI is InChI=1S/C13H20N2.C6H5N3S.2ClH/c1-3-14-8-10-15(11-9-14)13-7-5-4-6-12(13)2;10-6-8-7-5-3-1-2-4-9(5)6;;/h4-7H,3,8-11H2,1-2H3;1-4H,(H,8,10);2*1H. The van der Waals surface area contributed by atoms with Crippen LogP contribution in [0.25, 0.3) is 5.65 Å². The Kier molecular flexibility index (Phi) is 9.80. The van der Waals surface area contributed by atoms with Gasteiger partial charge in [0.2, 0.25) is 0 Å². The first-order valence-corrected chi connectivity index (χ1v) is 9.14. The number of aromatic nitrogens is 3. The predicted molar refractivity (Wildman–Crippen MR) is 120 cm³/mol. The number of aromatic amines is 1. The summed E-state index contributed by atoms with van der Waals surface area (Å²) in [6.45, 7) is 10.3. The van der Waals surface area contributed by atoms with E-state index in [1.807, 2.05) is 28.8 Å². The van der Waals surface area contributed by atoms with Crippen molar-refractivity contribution >= 4 is 48.4 Å².